The lowest BCUT2D eigenvalue weighted by atomic mass is 9.98. The number of rotatable bonds is 4. The number of benzene rings is 1. The molecule has 1 N–H and O–H groups in total. The van der Waals surface area contributed by atoms with Gasteiger partial charge in [-0.15, -0.1) is 0 Å². The average molecular weight is 343 g/mol. The van der Waals surface area contributed by atoms with Gasteiger partial charge in [0.2, 0.25) is 11.8 Å². The van der Waals surface area contributed by atoms with Gasteiger partial charge in [0.05, 0.1) is 0 Å². The van der Waals surface area contributed by atoms with Crippen molar-refractivity contribution in [1.82, 2.24) is 15.1 Å². The highest BCUT2D eigenvalue weighted by molar-refractivity contribution is 5.95. The summed E-state index contributed by atoms with van der Waals surface area (Å²) < 4.78 is 0. The fraction of sp³-hybridized carbons (Fsp3) is 0.526. The predicted octanol–water partition coefficient (Wildman–Crippen LogP) is 1.55. The fourth-order valence-electron chi connectivity index (χ4n) is 3.49. The zero-order valence-corrected chi connectivity index (χ0v) is 14.8. The van der Waals surface area contributed by atoms with E-state index in [0.717, 1.165) is 24.8 Å². The number of nitrogens with one attached hydrogen (secondary N) is 1. The molecule has 0 radical (unpaired) electrons. The maximum absolute atomic E-state index is 12.7. The Balaban J connectivity index is 1.66. The zero-order chi connectivity index (χ0) is 18.0. The molecule has 1 atom stereocenters. The molecular weight excluding hydrogens is 318 g/mol. The van der Waals surface area contributed by atoms with Crippen LogP contribution in [0.5, 0.6) is 0 Å². The summed E-state index contributed by atoms with van der Waals surface area (Å²) in [5.41, 5.74) is 1.52. The highest BCUT2D eigenvalue weighted by Crippen LogP contribution is 2.24. The van der Waals surface area contributed by atoms with E-state index in [1.165, 1.54) is 0 Å². The molecular formula is C19H25N3O3. The van der Waals surface area contributed by atoms with Gasteiger partial charge >= 0.3 is 0 Å². The molecule has 2 fully saturated rings. The molecule has 134 valence electrons. The van der Waals surface area contributed by atoms with E-state index in [1.807, 2.05) is 26.0 Å². The topological polar surface area (TPSA) is 69.7 Å². The first kappa shape index (κ1) is 17.5. The average Bonchev–Trinajstić information content (AvgIpc) is 2.59. The number of piperazine rings is 1. The van der Waals surface area contributed by atoms with E-state index < -0.39 is 0 Å². The molecule has 0 saturated carbocycles. The Bertz CT molecular complexity index is 669. The first-order valence-corrected chi connectivity index (χ1v) is 8.94. The van der Waals surface area contributed by atoms with Gasteiger partial charge in [-0.25, -0.2) is 0 Å². The minimum atomic E-state index is -0.286. The Morgan fingerprint density at radius 1 is 1.20 bits per heavy atom. The molecule has 3 rings (SSSR count). The third kappa shape index (κ3) is 3.83. The first-order chi connectivity index (χ1) is 12.0. The van der Waals surface area contributed by atoms with Gasteiger partial charge in [0, 0.05) is 24.7 Å². The van der Waals surface area contributed by atoms with E-state index >= 15 is 0 Å². The molecule has 6 heteroatoms. The number of carbonyl (C=O) groups excluding carboxylic acids is 3. The van der Waals surface area contributed by atoms with Gasteiger partial charge in [-0.1, -0.05) is 12.1 Å². The van der Waals surface area contributed by atoms with Crippen LogP contribution in [-0.4, -0.2) is 52.7 Å². The van der Waals surface area contributed by atoms with Crippen LogP contribution in [0.2, 0.25) is 0 Å². The molecule has 2 aliphatic rings. The fourth-order valence-corrected chi connectivity index (χ4v) is 3.49. The minimum absolute atomic E-state index is 0.0391. The van der Waals surface area contributed by atoms with Crippen molar-refractivity contribution in [3.8, 4) is 0 Å². The highest BCUT2D eigenvalue weighted by atomic mass is 16.2. The smallest absolute Gasteiger partial charge is 0.251 e. The second kappa shape index (κ2) is 7.25. The summed E-state index contributed by atoms with van der Waals surface area (Å²) in [5.74, 6) is -0.0261. The normalized spacial score (nSPS) is 20.7. The second-order valence-corrected chi connectivity index (χ2v) is 7.12. The van der Waals surface area contributed by atoms with Gasteiger partial charge in [0.15, 0.2) is 0 Å². The SMILES string of the molecule is CC(C)NC(=O)c1ccc(CN2CC(=O)N3CCCCC3C2=O)cc1. The monoisotopic (exact) mass is 343 g/mol. The van der Waals surface area contributed by atoms with E-state index in [0.29, 0.717) is 18.7 Å². The van der Waals surface area contributed by atoms with E-state index in [9.17, 15) is 14.4 Å². The number of nitrogens with zero attached hydrogens (tertiary/aromatic N) is 2. The van der Waals surface area contributed by atoms with Gasteiger partial charge in [-0.2, -0.15) is 0 Å². The third-order valence-electron chi connectivity index (χ3n) is 4.76. The lowest BCUT2D eigenvalue weighted by Crippen LogP contribution is -2.60. The molecule has 1 aromatic carbocycles. The van der Waals surface area contributed by atoms with Crippen molar-refractivity contribution in [2.45, 2.75) is 51.7 Å². The van der Waals surface area contributed by atoms with Crippen molar-refractivity contribution in [1.29, 1.82) is 0 Å². The van der Waals surface area contributed by atoms with Gasteiger partial charge in [-0.3, -0.25) is 14.4 Å². The molecule has 2 saturated heterocycles. The van der Waals surface area contributed by atoms with Crippen LogP contribution < -0.4 is 5.32 Å². The van der Waals surface area contributed by atoms with Crippen LogP contribution in [0.3, 0.4) is 0 Å². The standard InChI is InChI=1S/C19H25N3O3/c1-13(2)20-18(24)15-8-6-14(7-9-15)11-21-12-17(23)22-10-4-3-5-16(22)19(21)25/h6-9,13,16H,3-5,10-12H2,1-2H3,(H,20,24). The number of fused-ring (bicyclic) bond motifs is 1. The molecule has 1 aromatic rings. The summed E-state index contributed by atoms with van der Waals surface area (Å²) >= 11 is 0. The molecule has 1 unspecified atom stereocenters. The summed E-state index contributed by atoms with van der Waals surface area (Å²) in [5, 5.41) is 2.85. The van der Waals surface area contributed by atoms with Gasteiger partial charge in [0.25, 0.3) is 5.91 Å². The highest BCUT2D eigenvalue weighted by Gasteiger charge is 2.40. The zero-order valence-electron chi connectivity index (χ0n) is 14.8. The van der Waals surface area contributed by atoms with Crippen LogP contribution in [0.4, 0.5) is 0 Å². The summed E-state index contributed by atoms with van der Waals surface area (Å²) in [6.07, 6.45) is 2.73. The summed E-state index contributed by atoms with van der Waals surface area (Å²) in [6.45, 7) is 5.08. The number of hydrogen-bond donors (Lipinski definition) is 1. The Kier molecular flexibility index (Phi) is 5.06. The summed E-state index contributed by atoms with van der Waals surface area (Å²) in [7, 11) is 0. The second-order valence-electron chi connectivity index (χ2n) is 7.12. The Labute approximate surface area is 148 Å². The molecule has 0 spiro atoms. The van der Waals surface area contributed by atoms with Crippen molar-refractivity contribution in [3.63, 3.8) is 0 Å². The lowest BCUT2D eigenvalue weighted by molar-refractivity contribution is -0.158. The molecule has 3 amide bonds. The molecule has 0 aliphatic carbocycles. The quantitative estimate of drug-likeness (QED) is 0.902. The number of carbonyl (C=O) groups is 3. The predicted molar refractivity (Wildman–Crippen MR) is 93.8 cm³/mol. The van der Waals surface area contributed by atoms with Crippen LogP contribution in [0, 0.1) is 0 Å². The lowest BCUT2D eigenvalue weighted by Gasteiger charge is -2.42. The van der Waals surface area contributed by atoms with Gasteiger partial charge in [0.1, 0.15) is 12.6 Å². The Morgan fingerprint density at radius 3 is 2.60 bits per heavy atom. The number of piperidine rings is 1. The van der Waals surface area contributed by atoms with Crippen LogP contribution in [0.25, 0.3) is 0 Å². The molecule has 6 nitrogen and oxygen atoms in total. The van der Waals surface area contributed by atoms with Gasteiger partial charge in [-0.05, 0) is 50.8 Å². The van der Waals surface area contributed by atoms with Crippen LogP contribution in [0.15, 0.2) is 24.3 Å². The Morgan fingerprint density at radius 2 is 1.92 bits per heavy atom. The number of amides is 3. The van der Waals surface area contributed by atoms with Crippen molar-refractivity contribution < 1.29 is 14.4 Å². The van der Waals surface area contributed by atoms with E-state index in [1.54, 1.807) is 21.9 Å². The Hall–Kier alpha value is -2.37. The third-order valence-corrected chi connectivity index (χ3v) is 4.76. The van der Waals surface area contributed by atoms with Crippen LogP contribution >= 0.6 is 0 Å². The maximum atomic E-state index is 12.7. The summed E-state index contributed by atoms with van der Waals surface area (Å²) in [6, 6.07) is 7.01. The van der Waals surface area contributed by atoms with Crippen molar-refractivity contribution in [3.05, 3.63) is 35.4 Å². The number of hydrogen-bond acceptors (Lipinski definition) is 3. The van der Waals surface area contributed by atoms with E-state index in [2.05, 4.69) is 5.32 Å². The molecule has 25 heavy (non-hydrogen) atoms. The molecule has 2 heterocycles. The largest absolute Gasteiger partial charge is 0.350 e. The van der Waals surface area contributed by atoms with Crippen LogP contribution in [-0.2, 0) is 16.1 Å². The maximum Gasteiger partial charge on any atom is 0.251 e. The van der Waals surface area contributed by atoms with Crippen molar-refractivity contribution in [2.24, 2.45) is 0 Å². The van der Waals surface area contributed by atoms with Crippen LogP contribution in [0.1, 0.15) is 49.0 Å². The molecule has 2 aliphatic heterocycles. The summed E-state index contributed by atoms with van der Waals surface area (Å²) in [4.78, 5) is 40.3. The van der Waals surface area contributed by atoms with Gasteiger partial charge < -0.3 is 15.1 Å². The minimum Gasteiger partial charge on any atom is -0.350 e. The van der Waals surface area contributed by atoms with Crippen molar-refractivity contribution >= 4 is 17.7 Å². The van der Waals surface area contributed by atoms with Crippen molar-refractivity contribution in [2.75, 3.05) is 13.1 Å². The van der Waals surface area contributed by atoms with E-state index in [4.69, 9.17) is 0 Å². The first-order valence-electron chi connectivity index (χ1n) is 8.94. The molecule has 0 bridgehead atoms. The molecule has 0 aromatic heterocycles. The van der Waals surface area contributed by atoms with E-state index in [-0.39, 0.29) is 36.3 Å².